The first kappa shape index (κ1) is 18.3. The quantitative estimate of drug-likeness (QED) is 0.420. The van der Waals surface area contributed by atoms with Crippen LogP contribution in [0.1, 0.15) is 0 Å². The van der Waals surface area contributed by atoms with Gasteiger partial charge in [-0.2, -0.15) is 5.10 Å². The molecule has 0 bridgehead atoms. The van der Waals surface area contributed by atoms with Crippen molar-refractivity contribution in [1.82, 2.24) is 35.1 Å². The van der Waals surface area contributed by atoms with Crippen LogP contribution in [0.2, 0.25) is 0 Å². The third-order valence-electron chi connectivity index (χ3n) is 5.25. The molecule has 0 aliphatic carbocycles. The number of benzene rings is 2. The van der Waals surface area contributed by atoms with Crippen molar-refractivity contribution >= 4 is 21.9 Å². The summed E-state index contributed by atoms with van der Waals surface area (Å²) < 4.78 is 28.4. The van der Waals surface area contributed by atoms with Gasteiger partial charge in [0.1, 0.15) is 29.2 Å². The molecular formula is C23H13F2N7. The highest BCUT2D eigenvalue weighted by Crippen LogP contribution is 2.33. The van der Waals surface area contributed by atoms with Crippen molar-refractivity contribution in [3.8, 4) is 33.9 Å². The van der Waals surface area contributed by atoms with Crippen LogP contribution in [0.4, 0.5) is 8.78 Å². The highest BCUT2D eigenvalue weighted by molar-refractivity contribution is 5.97. The van der Waals surface area contributed by atoms with Gasteiger partial charge in [-0.05, 0) is 24.3 Å². The number of aromatic amines is 2. The molecule has 4 heterocycles. The number of nitrogens with zero attached hydrogens (tertiary/aromatic N) is 5. The Morgan fingerprint density at radius 2 is 1.72 bits per heavy atom. The van der Waals surface area contributed by atoms with Gasteiger partial charge in [-0.1, -0.05) is 12.1 Å². The molecule has 0 saturated carbocycles. The molecule has 154 valence electrons. The maximum atomic E-state index is 14.7. The van der Waals surface area contributed by atoms with E-state index in [0.717, 1.165) is 5.52 Å². The molecule has 0 fully saturated rings. The van der Waals surface area contributed by atoms with Gasteiger partial charge in [0.25, 0.3) is 0 Å². The summed E-state index contributed by atoms with van der Waals surface area (Å²) in [6.45, 7) is 0. The molecule has 0 unspecified atom stereocenters. The Hall–Kier alpha value is -4.53. The Morgan fingerprint density at radius 3 is 2.56 bits per heavy atom. The molecule has 6 aromatic rings. The zero-order valence-corrected chi connectivity index (χ0v) is 16.3. The highest BCUT2D eigenvalue weighted by atomic mass is 19.1. The van der Waals surface area contributed by atoms with Crippen LogP contribution in [0.25, 0.3) is 55.8 Å². The zero-order chi connectivity index (χ0) is 21.7. The predicted octanol–water partition coefficient (Wildman–Crippen LogP) is 4.90. The van der Waals surface area contributed by atoms with Crippen molar-refractivity contribution in [3.05, 3.63) is 79.0 Å². The number of nitrogens with one attached hydrogen (secondary N) is 2. The molecule has 4 aromatic heterocycles. The topological polar surface area (TPSA) is 96.0 Å². The number of fused-ring (bicyclic) bond motifs is 2. The Kier molecular flexibility index (Phi) is 4.00. The van der Waals surface area contributed by atoms with Gasteiger partial charge in [-0.3, -0.25) is 10.1 Å². The molecule has 0 radical (unpaired) electrons. The number of aromatic nitrogens is 7. The number of H-pyrrole nitrogens is 2. The van der Waals surface area contributed by atoms with Crippen molar-refractivity contribution in [3.63, 3.8) is 0 Å². The van der Waals surface area contributed by atoms with Crippen molar-refractivity contribution in [2.45, 2.75) is 0 Å². The van der Waals surface area contributed by atoms with Gasteiger partial charge in [-0.15, -0.1) is 0 Å². The van der Waals surface area contributed by atoms with E-state index in [1.165, 1.54) is 24.5 Å². The number of halogens is 2. The van der Waals surface area contributed by atoms with E-state index in [1.807, 2.05) is 0 Å². The van der Waals surface area contributed by atoms with E-state index >= 15 is 0 Å². The van der Waals surface area contributed by atoms with E-state index in [9.17, 15) is 8.78 Å². The second-order valence-electron chi connectivity index (χ2n) is 7.23. The first-order valence-corrected chi connectivity index (χ1v) is 9.71. The van der Waals surface area contributed by atoms with Crippen LogP contribution in [0, 0.1) is 11.6 Å². The molecule has 32 heavy (non-hydrogen) atoms. The smallest absolute Gasteiger partial charge is 0.159 e. The summed E-state index contributed by atoms with van der Waals surface area (Å²) in [5.74, 6) is -0.279. The summed E-state index contributed by atoms with van der Waals surface area (Å²) in [4.78, 5) is 20.3. The summed E-state index contributed by atoms with van der Waals surface area (Å²) in [6.07, 6.45) is 6.13. The van der Waals surface area contributed by atoms with Crippen molar-refractivity contribution in [1.29, 1.82) is 0 Å². The summed E-state index contributed by atoms with van der Waals surface area (Å²) in [5.41, 5.74) is 4.46. The molecular weight excluding hydrogens is 412 g/mol. The number of imidazole rings is 1. The molecule has 0 aliphatic heterocycles. The van der Waals surface area contributed by atoms with Crippen LogP contribution in [0.15, 0.2) is 67.4 Å². The number of pyridine rings is 1. The predicted molar refractivity (Wildman–Crippen MR) is 115 cm³/mol. The van der Waals surface area contributed by atoms with Crippen molar-refractivity contribution in [2.75, 3.05) is 0 Å². The van der Waals surface area contributed by atoms with E-state index in [-0.39, 0.29) is 5.82 Å². The standard InChI is InChI=1S/C23H13F2N7/c24-14-3-1-2-12(6-14)20-22-18(4-5-28-20)29-23(30-22)21-16-7-15(13-9-26-11-27-10-13)17(25)8-19(16)31-32-21/h1-11H,(H,29,30)(H,31,32). The molecule has 0 saturated heterocycles. The second kappa shape index (κ2) is 7.02. The normalized spacial score (nSPS) is 11.4. The fourth-order valence-electron chi connectivity index (χ4n) is 3.77. The fourth-order valence-corrected chi connectivity index (χ4v) is 3.77. The average Bonchev–Trinajstić information content (AvgIpc) is 3.42. The van der Waals surface area contributed by atoms with E-state index in [4.69, 9.17) is 4.98 Å². The van der Waals surface area contributed by atoms with Crippen LogP contribution in [0.3, 0.4) is 0 Å². The van der Waals surface area contributed by atoms with E-state index in [1.54, 1.807) is 42.9 Å². The molecule has 9 heteroatoms. The largest absolute Gasteiger partial charge is 0.336 e. The third-order valence-corrected chi connectivity index (χ3v) is 5.25. The summed E-state index contributed by atoms with van der Waals surface area (Å²) >= 11 is 0. The van der Waals surface area contributed by atoms with Gasteiger partial charge in [0.05, 0.1) is 16.7 Å². The molecule has 6 rings (SSSR count). The highest BCUT2D eigenvalue weighted by Gasteiger charge is 2.18. The first-order chi connectivity index (χ1) is 15.7. The number of hydrogen-bond donors (Lipinski definition) is 2. The fraction of sp³-hybridized carbons (Fsp3) is 0. The monoisotopic (exact) mass is 425 g/mol. The summed E-state index contributed by atoms with van der Waals surface area (Å²) in [5, 5.41) is 7.90. The van der Waals surface area contributed by atoms with E-state index in [0.29, 0.717) is 50.3 Å². The van der Waals surface area contributed by atoms with Crippen molar-refractivity contribution < 1.29 is 8.78 Å². The lowest BCUT2D eigenvalue weighted by Gasteiger charge is -2.03. The summed E-state index contributed by atoms with van der Waals surface area (Å²) in [7, 11) is 0. The first-order valence-electron chi connectivity index (χ1n) is 9.71. The van der Waals surface area contributed by atoms with Gasteiger partial charge < -0.3 is 4.98 Å². The molecule has 7 nitrogen and oxygen atoms in total. The molecule has 0 aliphatic rings. The van der Waals surface area contributed by atoms with Gasteiger partial charge in [0.15, 0.2) is 5.82 Å². The number of rotatable bonds is 3. The molecule has 2 aromatic carbocycles. The lowest BCUT2D eigenvalue weighted by molar-refractivity contribution is 0.628. The van der Waals surface area contributed by atoms with Crippen LogP contribution < -0.4 is 0 Å². The van der Waals surface area contributed by atoms with Gasteiger partial charge in [0.2, 0.25) is 0 Å². The summed E-state index contributed by atoms with van der Waals surface area (Å²) in [6, 6.07) is 11.1. The van der Waals surface area contributed by atoms with Crippen molar-refractivity contribution in [2.24, 2.45) is 0 Å². The van der Waals surface area contributed by atoms with Gasteiger partial charge in [-0.25, -0.2) is 23.7 Å². The SMILES string of the molecule is Fc1cccc(-c2nccc3[nH]c(-c4n[nH]c5cc(F)c(-c6cncnc6)cc45)nc23)c1. The Morgan fingerprint density at radius 1 is 0.844 bits per heavy atom. The average molecular weight is 425 g/mol. The van der Waals surface area contributed by atoms with E-state index in [2.05, 4.69) is 30.1 Å². The van der Waals surface area contributed by atoms with Gasteiger partial charge >= 0.3 is 0 Å². The maximum Gasteiger partial charge on any atom is 0.159 e. The number of hydrogen-bond acceptors (Lipinski definition) is 5. The minimum absolute atomic E-state index is 0.352. The lowest BCUT2D eigenvalue weighted by atomic mass is 10.0. The van der Waals surface area contributed by atoms with Crippen LogP contribution >= 0.6 is 0 Å². The minimum Gasteiger partial charge on any atom is -0.336 e. The maximum absolute atomic E-state index is 14.7. The van der Waals surface area contributed by atoms with Crippen LogP contribution in [-0.2, 0) is 0 Å². The van der Waals surface area contributed by atoms with Crippen LogP contribution in [-0.4, -0.2) is 35.1 Å². The van der Waals surface area contributed by atoms with E-state index < -0.39 is 5.82 Å². The molecule has 0 atom stereocenters. The molecule has 0 spiro atoms. The Balaban J connectivity index is 1.53. The Bertz CT molecular complexity index is 1610. The second-order valence-corrected chi connectivity index (χ2v) is 7.23. The molecule has 2 N–H and O–H groups in total. The third kappa shape index (κ3) is 2.90. The zero-order valence-electron chi connectivity index (χ0n) is 16.3. The molecule has 0 amide bonds. The minimum atomic E-state index is -0.412. The van der Waals surface area contributed by atoms with Gasteiger partial charge in [0, 0.05) is 46.7 Å². The van der Waals surface area contributed by atoms with Crippen LogP contribution in [0.5, 0.6) is 0 Å². The lowest BCUT2D eigenvalue weighted by Crippen LogP contribution is -1.88. The Labute approximate surface area is 179 Å².